The third kappa shape index (κ3) is 3.44. The number of hydrogen-bond donors (Lipinski definition) is 1. The summed E-state index contributed by atoms with van der Waals surface area (Å²) in [6.07, 6.45) is 1.71. The van der Waals surface area contributed by atoms with E-state index in [9.17, 15) is 14.7 Å². The first-order valence-corrected chi connectivity index (χ1v) is 10.3. The number of rotatable bonds is 6. The second kappa shape index (κ2) is 8.19. The van der Waals surface area contributed by atoms with Gasteiger partial charge in [-0.25, -0.2) is 0 Å². The summed E-state index contributed by atoms with van der Waals surface area (Å²) < 4.78 is 5.23. The van der Waals surface area contributed by atoms with Gasteiger partial charge >= 0.3 is 0 Å². The molecule has 0 saturated carbocycles. The minimum atomic E-state index is -0.623. The Balaban J connectivity index is 2.18. The third-order valence-corrected chi connectivity index (χ3v) is 6.20. The number of ketones is 1. The summed E-state index contributed by atoms with van der Waals surface area (Å²) in [5.74, 6) is -0.626. The van der Waals surface area contributed by atoms with Crippen LogP contribution in [0.5, 0.6) is 5.75 Å². The van der Waals surface area contributed by atoms with E-state index in [4.69, 9.17) is 4.74 Å². The molecule has 3 rings (SSSR count). The highest BCUT2D eigenvalue weighted by atomic mass is 32.1. The van der Waals surface area contributed by atoms with E-state index in [0.29, 0.717) is 17.9 Å². The average molecular weight is 400 g/mol. The first kappa shape index (κ1) is 20.1. The number of methoxy groups -OCH3 is 1. The zero-order valence-electron chi connectivity index (χ0n) is 16.6. The van der Waals surface area contributed by atoms with Crippen molar-refractivity contribution in [3.05, 3.63) is 56.8 Å². The van der Waals surface area contributed by atoms with E-state index in [-0.39, 0.29) is 11.3 Å². The normalized spacial score (nSPS) is 18.7. The van der Waals surface area contributed by atoms with E-state index >= 15 is 0 Å². The van der Waals surface area contributed by atoms with Crippen LogP contribution in [0.1, 0.15) is 47.4 Å². The molecule has 1 aliphatic heterocycles. The molecular formula is C22H25NO4S. The number of benzene rings is 1. The van der Waals surface area contributed by atoms with Crippen molar-refractivity contribution in [1.29, 1.82) is 0 Å². The number of carbonyl (C=O) groups excluding carboxylic acids is 2. The van der Waals surface area contributed by atoms with Crippen molar-refractivity contribution in [2.75, 3.05) is 13.7 Å². The van der Waals surface area contributed by atoms with Crippen molar-refractivity contribution in [3.63, 3.8) is 0 Å². The van der Waals surface area contributed by atoms with Crippen molar-refractivity contribution in [2.24, 2.45) is 0 Å². The first-order chi connectivity index (χ1) is 13.4. The number of ether oxygens (including phenoxy) is 1. The fraction of sp³-hybridized carbons (Fsp3) is 0.364. The Bertz CT molecular complexity index is 944. The van der Waals surface area contributed by atoms with Gasteiger partial charge in [0.25, 0.3) is 11.7 Å². The molecule has 0 radical (unpaired) electrons. The standard InChI is InChI=1S/C22H25NO4S/c1-5-6-10-23-18(21-13(2)9-11-28-21)17(20(25)22(23)26)19(24)16-8-7-15(27-4)12-14(16)3/h7-9,11-12,18,24H,5-6,10H2,1-4H3/b19-17+. The molecule has 1 aromatic carbocycles. The molecule has 6 heteroatoms. The van der Waals surface area contributed by atoms with Crippen molar-refractivity contribution in [1.82, 2.24) is 4.90 Å². The zero-order chi connectivity index (χ0) is 20.4. The lowest BCUT2D eigenvalue weighted by atomic mass is 9.96. The van der Waals surface area contributed by atoms with Gasteiger partial charge in [0.15, 0.2) is 0 Å². The molecule has 1 saturated heterocycles. The largest absolute Gasteiger partial charge is 0.507 e. The number of aryl methyl sites for hydroxylation is 2. The number of nitrogens with zero attached hydrogens (tertiary/aromatic N) is 1. The molecule has 148 valence electrons. The SMILES string of the molecule is CCCCN1C(=O)C(=O)/C(=C(/O)c2ccc(OC)cc2C)C1c1sccc1C. The van der Waals surface area contributed by atoms with Crippen LogP contribution < -0.4 is 4.74 Å². The number of unbranched alkanes of at least 4 members (excludes halogenated alkanes) is 1. The highest BCUT2D eigenvalue weighted by Gasteiger charge is 2.46. The van der Waals surface area contributed by atoms with Crippen molar-refractivity contribution in [3.8, 4) is 5.75 Å². The van der Waals surface area contributed by atoms with Crippen LogP contribution in [0.3, 0.4) is 0 Å². The minimum absolute atomic E-state index is 0.129. The van der Waals surface area contributed by atoms with Crippen LogP contribution >= 0.6 is 11.3 Å². The number of amides is 1. The molecule has 1 unspecified atom stereocenters. The molecule has 2 aromatic rings. The highest BCUT2D eigenvalue weighted by Crippen LogP contribution is 2.43. The molecule has 0 bridgehead atoms. The summed E-state index contributed by atoms with van der Waals surface area (Å²) in [7, 11) is 1.58. The summed E-state index contributed by atoms with van der Waals surface area (Å²) in [5.41, 5.74) is 2.49. The Labute approximate surface area is 169 Å². The topological polar surface area (TPSA) is 66.8 Å². The molecule has 1 N–H and O–H groups in total. The number of hydrogen-bond acceptors (Lipinski definition) is 5. The Hall–Kier alpha value is -2.60. The monoisotopic (exact) mass is 399 g/mol. The van der Waals surface area contributed by atoms with Gasteiger partial charge in [-0.2, -0.15) is 0 Å². The lowest BCUT2D eigenvalue weighted by molar-refractivity contribution is -0.139. The Morgan fingerprint density at radius 3 is 2.54 bits per heavy atom. The smallest absolute Gasteiger partial charge is 0.295 e. The van der Waals surface area contributed by atoms with Gasteiger partial charge in [0.1, 0.15) is 11.5 Å². The summed E-state index contributed by atoms with van der Waals surface area (Å²) in [4.78, 5) is 28.2. The number of carbonyl (C=O) groups is 2. The van der Waals surface area contributed by atoms with Gasteiger partial charge in [0, 0.05) is 17.0 Å². The van der Waals surface area contributed by atoms with Crippen molar-refractivity contribution < 1.29 is 19.4 Å². The fourth-order valence-corrected chi connectivity index (χ4v) is 4.60. The quantitative estimate of drug-likeness (QED) is 0.438. The summed E-state index contributed by atoms with van der Waals surface area (Å²) >= 11 is 1.50. The van der Waals surface area contributed by atoms with E-state index in [2.05, 4.69) is 0 Å². The predicted molar refractivity (Wildman–Crippen MR) is 111 cm³/mol. The Morgan fingerprint density at radius 1 is 1.21 bits per heavy atom. The van der Waals surface area contributed by atoms with Crippen LogP contribution in [-0.4, -0.2) is 35.4 Å². The Kier molecular flexibility index (Phi) is 5.89. The van der Waals surface area contributed by atoms with Crippen LogP contribution in [0.15, 0.2) is 35.2 Å². The number of thiophene rings is 1. The van der Waals surface area contributed by atoms with Gasteiger partial charge in [-0.1, -0.05) is 13.3 Å². The molecule has 1 atom stereocenters. The summed E-state index contributed by atoms with van der Waals surface area (Å²) in [6, 6.07) is 6.68. The van der Waals surface area contributed by atoms with Gasteiger partial charge in [-0.05, 0) is 61.0 Å². The third-order valence-electron chi connectivity index (χ3n) is 5.13. The predicted octanol–water partition coefficient (Wildman–Crippen LogP) is 4.60. The lowest BCUT2D eigenvalue weighted by Crippen LogP contribution is -2.30. The number of Topliss-reactive ketones (excluding diaryl/α,β-unsaturated/α-hetero) is 1. The number of likely N-dealkylation sites (tertiary alicyclic amines) is 1. The van der Waals surface area contributed by atoms with Gasteiger partial charge in [-0.3, -0.25) is 9.59 Å². The maximum absolute atomic E-state index is 12.9. The molecule has 1 amide bonds. The molecular weight excluding hydrogens is 374 g/mol. The van der Waals surface area contributed by atoms with Crippen LogP contribution in [0, 0.1) is 13.8 Å². The van der Waals surface area contributed by atoms with E-state index in [1.165, 1.54) is 11.3 Å². The van der Waals surface area contributed by atoms with Gasteiger partial charge in [-0.15, -0.1) is 11.3 Å². The van der Waals surface area contributed by atoms with Crippen LogP contribution in [0.25, 0.3) is 5.76 Å². The Morgan fingerprint density at radius 2 is 1.96 bits per heavy atom. The molecule has 0 aliphatic carbocycles. The number of aliphatic hydroxyl groups is 1. The second-order valence-corrected chi connectivity index (χ2v) is 7.94. The lowest BCUT2D eigenvalue weighted by Gasteiger charge is -2.24. The zero-order valence-corrected chi connectivity index (χ0v) is 17.4. The highest BCUT2D eigenvalue weighted by molar-refractivity contribution is 7.10. The van der Waals surface area contributed by atoms with E-state index in [1.807, 2.05) is 32.2 Å². The van der Waals surface area contributed by atoms with Crippen molar-refractivity contribution >= 4 is 28.8 Å². The van der Waals surface area contributed by atoms with Crippen molar-refractivity contribution in [2.45, 2.75) is 39.7 Å². The van der Waals surface area contributed by atoms with Gasteiger partial charge < -0.3 is 14.7 Å². The molecule has 1 aromatic heterocycles. The molecule has 0 spiro atoms. The molecule has 1 aliphatic rings. The second-order valence-electron chi connectivity index (χ2n) is 6.99. The van der Waals surface area contributed by atoms with Gasteiger partial charge in [0.2, 0.25) is 0 Å². The maximum atomic E-state index is 12.9. The molecule has 1 fully saturated rings. The van der Waals surface area contributed by atoms with E-state index in [0.717, 1.165) is 28.8 Å². The first-order valence-electron chi connectivity index (χ1n) is 9.38. The number of aliphatic hydroxyl groups excluding tert-OH is 1. The van der Waals surface area contributed by atoms with E-state index < -0.39 is 17.7 Å². The minimum Gasteiger partial charge on any atom is -0.507 e. The van der Waals surface area contributed by atoms with Crippen LogP contribution in [-0.2, 0) is 9.59 Å². The van der Waals surface area contributed by atoms with Crippen LogP contribution in [0.4, 0.5) is 0 Å². The fourth-order valence-electron chi connectivity index (χ4n) is 3.55. The maximum Gasteiger partial charge on any atom is 0.295 e. The van der Waals surface area contributed by atoms with Crippen LogP contribution in [0.2, 0.25) is 0 Å². The van der Waals surface area contributed by atoms with Gasteiger partial charge in [0.05, 0.1) is 18.7 Å². The summed E-state index contributed by atoms with van der Waals surface area (Å²) in [5, 5.41) is 13.0. The average Bonchev–Trinajstić information content (AvgIpc) is 3.20. The molecule has 28 heavy (non-hydrogen) atoms. The molecule has 2 heterocycles. The molecule has 5 nitrogen and oxygen atoms in total. The summed E-state index contributed by atoms with van der Waals surface area (Å²) in [6.45, 7) is 6.34. The van der Waals surface area contributed by atoms with E-state index in [1.54, 1.807) is 30.2 Å².